The van der Waals surface area contributed by atoms with Gasteiger partial charge in [-0.1, -0.05) is 45.2 Å². The van der Waals surface area contributed by atoms with Crippen molar-refractivity contribution >= 4 is 11.6 Å². The van der Waals surface area contributed by atoms with E-state index in [1.807, 2.05) is 24.3 Å². The van der Waals surface area contributed by atoms with Crippen molar-refractivity contribution in [3.05, 3.63) is 29.8 Å². The van der Waals surface area contributed by atoms with Crippen LogP contribution in [0.25, 0.3) is 0 Å². The number of benzene rings is 1. The normalized spacial score (nSPS) is 19.0. The highest BCUT2D eigenvalue weighted by molar-refractivity contribution is 5.76. The topological polar surface area (TPSA) is 55.1 Å². The molecule has 1 aromatic rings. The molecular formula is C18H28N2O. The smallest absolute Gasteiger partial charge is 0.220 e. The summed E-state index contributed by atoms with van der Waals surface area (Å²) in [6.45, 7) is 5.21. The average molecular weight is 288 g/mol. The molecule has 1 unspecified atom stereocenters. The quantitative estimate of drug-likeness (QED) is 0.809. The van der Waals surface area contributed by atoms with Crippen molar-refractivity contribution in [3.63, 3.8) is 0 Å². The first-order chi connectivity index (χ1) is 9.98. The molecule has 3 nitrogen and oxygen atoms in total. The largest absolute Gasteiger partial charge is 0.399 e. The Labute approximate surface area is 128 Å². The summed E-state index contributed by atoms with van der Waals surface area (Å²) < 4.78 is 0. The van der Waals surface area contributed by atoms with Crippen molar-refractivity contribution < 1.29 is 4.79 Å². The van der Waals surface area contributed by atoms with Crippen LogP contribution in [0.4, 0.5) is 5.69 Å². The number of rotatable bonds is 5. The Morgan fingerprint density at radius 2 is 1.86 bits per heavy atom. The van der Waals surface area contributed by atoms with E-state index in [0.717, 1.165) is 12.2 Å². The van der Waals surface area contributed by atoms with Crippen molar-refractivity contribution in [2.24, 2.45) is 5.41 Å². The van der Waals surface area contributed by atoms with Gasteiger partial charge in [-0.3, -0.25) is 4.79 Å². The van der Waals surface area contributed by atoms with Gasteiger partial charge in [-0.05, 0) is 41.9 Å². The molecule has 1 aliphatic carbocycles. The van der Waals surface area contributed by atoms with Gasteiger partial charge in [-0.25, -0.2) is 0 Å². The van der Waals surface area contributed by atoms with E-state index in [-0.39, 0.29) is 11.8 Å². The zero-order valence-electron chi connectivity index (χ0n) is 13.3. The van der Waals surface area contributed by atoms with E-state index in [0.29, 0.717) is 11.8 Å². The number of carbonyl (C=O) groups is 1. The monoisotopic (exact) mass is 288 g/mol. The predicted molar refractivity (Wildman–Crippen MR) is 88.1 cm³/mol. The molecule has 1 aromatic carbocycles. The number of amides is 1. The molecule has 1 amide bonds. The van der Waals surface area contributed by atoms with E-state index >= 15 is 0 Å². The fraction of sp³-hybridized carbons (Fsp3) is 0.611. The van der Waals surface area contributed by atoms with E-state index in [4.69, 9.17) is 5.73 Å². The summed E-state index contributed by atoms with van der Waals surface area (Å²) in [5.74, 6) is 0.385. The molecule has 1 aliphatic rings. The maximum Gasteiger partial charge on any atom is 0.220 e. The first-order valence-corrected chi connectivity index (χ1v) is 8.11. The van der Waals surface area contributed by atoms with Gasteiger partial charge in [0.25, 0.3) is 0 Å². The minimum absolute atomic E-state index is 0.158. The van der Waals surface area contributed by atoms with Gasteiger partial charge in [0.05, 0.1) is 0 Å². The Bertz CT molecular complexity index is 461. The number of nitrogens with one attached hydrogen (secondary N) is 1. The summed E-state index contributed by atoms with van der Waals surface area (Å²) in [5.41, 5.74) is 7.93. The number of hydrogen-bond donors (Lipinski definition) is 2. The van der Waals surface area contributed by atoms with Crippen molar-refractivity contribution in [1.29, 1.82) is 0 Å². The zero-order chi connectivity index (χ0) is 15.3. The molecule has 116 valence electrons. The standard InChI is InChI=1S/C18H28N2O/c1-14(15-6-8-16(19)9-7-15)12-17(21)20-13-18(2)10-4-3-5-11-18/h6-9,14H,3-5,10-13,19H2,1-2H3,(H,20,21). The minimum atomic E-state index is 0.158. The zero-order valence-corrected chi connectivity index (χ0v) is 13.3. The molecule has 2 rings (SSSR count). The first kappa shape index (κ1) is 15.9. The fourth-order valence-corrected chi connectivity index (χ4v) is 3.19. The van der Waals surface area contributed by atoms with Gasteiger partial charge in [0.1, 0.15) is 0 Å². The molecule has 0 saturated heterocycles. The van der Waals surface area contributed by atoms with Crippen molar-refractivity contribution in [2.75, 3.05) is 12.3 Å². The lowest BCUT2D eigenvalue weighted by Crippen LogP contribution is -2.37. The van der Waals surface area contributed by atoms with Gasteiger partial charge in [0.15, 0.2) is 0 Å². The van der Waals surface area contributed by atoms with E-state index in [2.05, 4.69) is 19.2 Å². The van der Waals surface area contributed by atoms with Crippen LogP contribution in [0.5, 0.6) is 0 Å². The number of anilines is 1. The summed E-state index contributed by atoms with van der Waals surface area (Å²) in [5, 5.41) is 3.14. The molecule has 3 heteroatoms. The molecule has 21 heavy (non-hydrogen) atoms. The van der Waals surface area contributed by atoms with Gasteiger partial charge < -0.3 is 11.1 Å². The van der Waals surface area contributed by atoms with Crippen LogP contribution in [0.3, 0.4) is 0 Å². The van der Waals surface area contributed by atoms with Gasteiger partial charge in [0.2, 0.25) is 5.91 Å². The first-order valence-electron chi connectivity index (χ1n) is 8.11. The third-order valence-corrected chi connectivity index (χ3v) is 4.77. The van der Waals surface area contributed by atoms with E-state index in [9.17, 15) is 4.79 Å². The third kappa shape index (κ3) is 4.76. The predicted octanol–water partition coefficient (Wildman–Crippen LogP) is 3.85. The van der Waals surface area contributed by atoms with E-state index in [1.165, 1.54) is 37.7 Å². The molecule has 0 radical (unpaired) electrons. The van der Waals surface area contributed by atoms with Crippen LogP contribution in [-0.2, 0) is 4.79 Å². The lowest BCUT2D eigenvalue weighted by molar-refractivity contribution is -0.122. The minimum Gasteiger partial charge on any atom is -0.399 e. The van der Waals surface area contributed by atoms with Crippen molar-refractivity contribution in [1.82, 2.24) is 5.32 Å². The summed E-state index contributed by atoms with van der Waals surface area (Å²) in [6.07, 6.45) is 6.96. The van der Waals surface area contributed by atoms with Crippen LogP contribution >= 0.6 is 0 Å². The Balaban J connectivity index is 1.79. The average Bonchev–Trinajstić information content (AvgIpc) is 2.47. The summed E-state index contributed by atoms with van der Waals surface area (Å²) in [4.78, 5) is 12.1. The Hall–Kier alpha value is -1.51. The molecule has 1 fully saturated rings. The number of nitrogens with two attached hydrogens (primary N) is 1. The van der Waals surface area contributed by atoms with Crippen LogP contribution in [0, 0.1) is 5.41 Å². The van der Waals surface area contributed by atoms with Gasteiger partial charge in [0, 0.05) is 18.7 Å². The maximum atomic E-state index is 12.1. The maximum absolute atomic E-state index is 12.1. The van der Waals surface area contributed by atoms with Crippen LogP contribution in [-0.4, -0.2) is 12.5 Å². The van der Waals surface area contributed by atoms with Gasteiger partial charge in [-0.2, -0.15) is 0 Å². The van der Waals surface area contributed by atoms with Crippen molar-refractivity contribution in [2.45, 2.75) is 58.3 Å². The molecule has 0 bridgehead atoms. The van der Waals surface area contributed by atoms with Crippen LogP contribution in [0.1, 0.15) is 63.9 Å². The Morgan fingerprint density at radius 1 is 1.24 bits per heavy atom. The number of nitrogen functional groups attached to an aromatic ring is 1. The third-order valence-electron chi connectivity index (χ3n) is 4.77. The molecular weight excluding hydrogens is 260 g/mol. The van der Waals surface area contributed by atoms with Crippen LogP contribution in [0.15, 0.2) is 24.3 Å². The number of carbonyl (C=O) groups excluding carboxylic acids is 1. The molecule has 0 aromatic heterocycles. The van der Waals surface area contributed by atoms with Gasteiger partial charge >= 0.3 is 0 Å². The summed E-state index contributed by atoms with van der Waals surface area (Å²) in [6, 6.07) is 7.81. The van der Waals surface area contributed by atoms with Gasteiger partial charge in [-0.15, -0.1) is 0 Å². The fourth-order valence-electron chi connectivity index (χ4n) is 3.19. The van der Waals surface area contributed by atoms with E-state index < -0.39 is 0 Å². The lowest BCUT2D eigenvalue weighted by atomic mass is 9.75. The molecule has 1 atom stereocenters. The summed E-state index contributed by atoms with van der Waals surface area (Å²) >= 11 is 0. The Kier molecular flexibility index (Phi) is 5.27. The second kappa shape index (κ2) is 6.97. The Morgan fingerprint density at radius 3 is 2.48 bits per heavy atom. The molecule has 0 heterocycles. The summed E-state index contributed by atoms with van der Waals surface area (Å²) in [7, 11) is 0. The second-order valence-electron chi connectivity index (χ2n) is 6.92. The van der Waals surface area contributed by atoms with E-state index in [1.54, 1.807) is 0 Å². The highest BCUT2D eigenvalue weighted by Crippen LogP contribution is 2.35. The molecule has 1 saturated carbocycles. The van der Waals surface area contributed by atoms with Crippen molar-refractivity contribution in [3.8, 4) is 0 Å². The van der Waals surface area contributed by atoms with Crippen LogP contribution < -0.4 is 11.1 Å². The van der Waals surface area contributed by atoms with Crippen LogP contribution in [0.2, 0.25) is 0 Å². The molecule has 0 aliphatic heterocycles. The molecule has 3 N–H and O–H groups in total. The molecule has 0 spiro atoms. The number of hydrogen-bond acceptors (Lipinski definition) is 2. The SMILES string of the molecule is CC(CC(=O)NCC1(C)CCCCC1)c1ccc(N)cc1. The second-order valence-corrected chi connectivity index (χ2v) is 6.92. The lowest BCUT2D eigenvalue weighted by Gasteiger charge is -2.33. The highest BCUT2D eigenvalue weighted by atomic mass is 16.1. The highest BCUT2D eigenvalue weighted by Gasteiger charge is 2.27.